The van der Waals surface area contributed by atoms with Gasteiger partial charge in [0, 0.05) is 11.9 Å². The number of pyridine rings is 1. The van der Waals surface area contributed by atoms with Crippen LogP contribution in [0.2, 0.25) is 0 Å². The fraction of sp³-hybridized carbons (Fsp3) is 0.562. The lowest BCUT2D eigenvalue weighted by Gasteiger charge is -2.34. The Morgan fingerprint density at radius 2 is 2.30 bits per heavy atom. The first-order valence-corrected chi connectivity index (χ1v) is 7.15. The van der Waals surface area contributed by atoms with Crippen molar-refractivity contribution in [1.29, 1.82) is 0 Å². The zero-order valence-corrected chi connectivity index (χ0v) is 12.0. The van der Waals surface area contributed by atoms with E-state index in [2.05, 4.69) is 23.8 Å². The van der Waals surface area contributed by atoms with Crippen LogP contribution in [0.15, 0.2) is 29.4 Å². The van der Waals surface area contributed by atoms with E-state index < -0.39 is 11.4 Å². The third kappa shape index (κ3) is 1.63. The van der Waals surface area contributed by atoms with Gasteiger partial charge in [0.25, 0.3) is 0 Å². The Labute approximate surface area is 119 Å². The quantitative estimate of drug-likeness (QED) is 0.920. The Bertz CT molecular complexity index is 565. The second kappa shape index (κ2) is 4.40. The van der Waals surface area contributed by atoms with Gasteiger partial charge in [-0.2, -0.15) is 0 Å². The third-order valence-electron chi connectivity index (χ3n) is 5.44. The highest BCUT2D eigenvalue weighted by atomic mass is 16.4. The van der Waals surface area contributed by atoms with E-state index in [-0.39, 0.29) is 5.41 Å². The number of nitrogens with zero attached hydrogens (tertiary/aromatic N) is 2. The largest absolute Gasteiger partial charge is 0.481 e. The van der Waals surface area contributed by atoms with Crippen molar-refractivity contribution in [3.05, 3.63) is 30.1 Å². The number of carbonyl (C=O) groups is 1. The van der Waals surface area contributed by atoms with E-state index in [0.717, 1.165) is 30.7 Å². The molecule has 20 heavy (non-hydrogen) atoms. The van der Waals surface area contributed by atoms with E-state index in [4.69, 9.17) is 0 Å². The minimum Gasteiger partial charge on any atom is -0.481 e. The molecular formula is C16H20N2O2. The molecule has 2 aliphatic rings. The lowest BCUT2D eigenvalue weighted by Crippen LogP contribution is -2.43. The molecule has 1 N–H and O–H groups in total. The number of aliphatic imine (C=N–C) groups is 1. The van der Waals surface area contributed by atoms with Crippen molar-refractivity contribution in [3.8, 4) is 0 Å². The van der Waals surface area contributed by atoms with Crippen molar-refractivity contribution in [2.24, 2.45) is 21.7 Å². The molecule has 106 valence electrons. The van der Waals surface area contributed by atoms with Gasteiger partial charge >= 0.3 is 5.97 Å². The second-order valence-electron chi connectivity index (χ2n) is 6.46. The first-order valence-electron chi connectivity index (χ1n) is 7.15. The van der Waals surface area contributed by atoms with Crippen molar-refractivity contribution < 1.29 is 9.90 Å². The molecule has 4 heteroatoms. The predicted molar refractivity (Wildman–Crippen MR) is 76.6 cm³/mol. The van der Waals surface area contributed by atoms with Crippen molar-refractivity contribution in [1.82, 2.24) is 4.98 Å². The van der Waals surface area contributed by atoms with E-state index >= 15 is 0 Å². The van der Waals surface area contributed by atoms with Crippen molar-refractivity contribution in [3.63, 3.8) is 0 Å². The number of rotatable bonds is 3. The Hall–Kier alpha value is -1.71. The summed E-state index contributed by atoms with van der Waals surface area (Å²) in [5, 5.41) is 9.80. The van der Waals surface area contributed by atoms with Gasteiger partial charge in [-0.25, -0.2) is 0 Å². The van der Waals surface area contributed by atoms with Crippen LogP contribution in [0.4, 0.5) is 0 Å². The van der Waals surface area contributed by atoms with Crippen LogP contribution in [0, 0.1) is 16.7 Å². The van der Waals surface area contributed by atoms with Crippen LogP contribution in [-0.4, -0.2) is 21.8 Å². The first kappa shape index (κ1) is 13.3. The van der Waals surface area contributed by atoms with Gasteiger partial charge in [-0.1, -0.05) is 19.9 Å². The van der Waals surface area contributed by atoms with Gasteiger partial charge in [-0.15, -0.1) is 0 Å². The first-order chi connectivity index (χ1) is 9.48. The van der Waals surface area contributed by atoms with Crippen LogP contribution in [0.25, 0.3) is 0 Å². The maximum Gasteiger partial charge on any atom is 0.315 e. The Morgan fingerprint density at radius 3 is 2.90 bits per heavy atom. The molecule has 2 atom stereocenters. The maximum absolute atomic E-state index is 11.9. The fourth-order valence-electron chi connectivity index (χ4n) is 4.08. The Kier molecular flexibility index (Phi) is 2.92. The van der Waals surface area contributed by atoms with Gasteiger partial charge < -0.3 is 5.11 Å². The molecule has 2 bridgehead atoms. The fourth-order valence-corrected chi connectivity index (χ4v) is 4.08. The Balaban J connectivity index is 1.93. The molecule has 4 nitrogen and oxygen atoms in total. The highest BCUT2D eigenvalue weighted by molar-refractivity contribution is 6.09. The van der Waals surface area contributed by atoms with Crippen LogP contribution in [0.1, 0.15) is 38.8 Å². The average molecular weight is 272 g/mol. The van der Waals surface area contributed by atoms with Crippen LogP contribution >= 0.6 is 0 Å². The summed E-state index contributed by atoms with van der Waals surface area (Å²) in [5.74, 6) is -0.261. The number of aliphatic carboxylic acids is 1. The highest BCUT2D eigenvalue weighted by Gasteiger charge is 2.66. The maximum atomic E-state index is 11.9. The summed E-state index contributed by atoms with van der Waals surface area (Å²) < 4.78 is 0. The molecule has 0 saturated heterocycles. The molecule has 3 rings (SSSR count). The van der Waals surface area contributed by atoms with E-state index in [1.807, 2.05) is 18.2 Å². The zero-order valence-electron chi connectivity index (χ0n) is 12.0. The topological polar surface area (TPSA) is 62.5 Å². The summed E-state index contributed by atoms with van der Waals surface area (Å²) in [5.41, 5.74) is 0.812. The standard InChI is InChI=1S/C16H20N2O2/c1-15(2)11-6-7-16(15,14(19)20)13(9-11)18-10-12-5-3-4-8-17-12/h3-5,8,11H,6-7,9-10H2,1-2H3,(H,19,20)/t11-,16+/m1/s1. The molecule has 2 saturated carbocycles. The van der Waals surface area contributed by atoms with Crippen LogP contribution < -0.4 is 0 Å². The summed E-state index contributed by atoms with van der Waals surface area (Å²) in [6.45, 7) is 4.65. The van der Waals surface area contributed by atoms with Gasteiger partial charge in [0.1, 0.15) is 5.41 Å². The molecule has 0 amide bonds. The summed E-state index contributed by atoms with van der Waals surface area (Å²) >= 11 is 0. The number of carboxylic acids is 1. The predicted octanol–water partition coefficient (Wildman–Crippen LogP) is 2.93. The van der Waals surface area contributed by atoms with E-state index in [1.165, 1.54) is 0 Å². The minimum atomic E-state index is -0.757. The molecule has 0 radical (unpaired) electrons. The lowest BCUT2D eigenvalue weighted by atomic mass is 9.68. The summed E-state index contributed by atoms with van der Waals surface area (Å²) in [4.78, 5) is 20.8. The average Bonchev–Trinajstić information content (AvgIpc) is 2.82. The summed E-state index contributed by atoms with van der Waals surface area (Å²) in [7, 11) is 0. The number of aromatic nitrogens is 1. The number of hydrogen-bond acceptors (Lipinski definition) is 3. The second-order valence-corrected chi connectivity index (χ2v) is 6.46. The smallest absolute Gasteiger partial charge is 0.315 e. The van der Waals surface area contributed by atoms with Crippen LogP contribution in [0.3, 0.4) is 0 Å². The van der Waals surface area contributed by atoms with E-state index in [9.17, 15) is 9.90 Å². The molecular weight excluding hydrogens is 252 g/mol. The molecule has 0 spiro atoms. The monoisotopic (exact) mass is 272 g/mol. The molecule has 0 unspecified atom stereocenters. The normalized spacial score (nSPS) is 32.7. The molecule has 0 aliphatic heterocycles. The molecule has 1 aromatic rings. The molecule has 0 aromatic carbocycles. The van der Waals surface area contributed by atoms with Gasteiger partial charge in [0.05, 0.1) is 12.2 Å². The number of hydrogen-bond donors (Lipinski definition) is 1. The van der Waals surface area contributed by atoms with Gasteiger partial charge in [0.2, 0.25) is 0 Å². The van der Waals surface area contributed by atoms with E-state index in [1.54, 1.807) is 6.20 Å². The van der Waals surface area contributed by atoms with Crippen molar-refractivity contribution in [2.75, 3.05) is 0 Å². The van der Waals surface area contributed by atoms with Crippen LogP contribution in [-0.2, 0) is 11.3 Å². The molecule has 1 heterocycles. The minimum absolute atomic E-state index is 0.193. The molecule has 2 fully saturated rings. The summed E-state index contributed by atoms with van der Waals surface area (Å²) in [6.07, 6.45) is 4.29. The highest BCUT2D eigenvalue weighted by Crippen LogP contribution is 2.64. The van der Waals surface area contributed by atoms with Crippen molar-refractivity contribution >= 4 is 11.7 Å². The van der Waals surface area contributed by atoms with Gasteiger partial charge in [0.15, 0.2) is 0 Å². The third-order valence-corrected chi connectivity index (χ3v) is 5.44. The Morgan fingerprint density at radius 1 is 1.50 bits per heavy atom. The van der Waals surface area contributed by atoms with Gasteiger partial charge in [-0.05, 0) is 42.7 Å². The number of fused-ring (bicyclic) bond motifs is 2. The molecule has 2 aliphatic carbocycles. The lowest BCUT2D eigenvalue weighted by molar-refractivity contribution is -0.148. The van der Waals surface area contributed by atoms with Crippen LogP contribution in [0.5, 0.6) is 0 Å². The van der Waals surface area contributed by atoms with Gasteiger partial charge in [-0.3, -0.25) is 14.8 Å². The summed E-state index contributed by atoms with van der Waals surface area (Å²) in [6, 6.07) is 5.73. The number of carboxylic acid groups (broad SMARTS) is 1. The zero-order chi connectivity index (χ0) is 14.4. The van der Waals surface area contributed by atoms with Crippen molar-refractivity contribution in [2.45, 2.75) is 39.7 Å². The molecule has 1 aromatic heterocycles. The van der Waals surface area contributed by atoms with E-state index in [0.29, 0.717) is 12.5 Å². The SMILES string of the molecule is CC1(C)[C@@H]2CC[C@@]1(C(=O)O)C(=NCc1ccccn1)C2.